The van der Waals surface area contributed by atoms with Crippen molar-refractivity contribution < 1.29 is 9.59 Å². The van der Waals surface area contributed by atoms with E-state index in [-0.39, 0.29) is 0 Å². The maximum absolute atomic E-state index is 12.3. The van der Waals surface area contributed by atoms with Gasteiger partial charge >= 0.3 is 11.8 Å². The number of nitrogens with zero attached hydrogens (tertiary/aromatic N) is 1. The van der Waals surface area contributed by atoms with Crippen LogP contribution >= 0.6 is 11.6 Å². The van der Waals surface area contributed by atoms with Crippen molar-refractivity contribution in [3.8, 4) is 0 Å². The molecule has 2 amide bonds. The molecule has 1 N–H and O–H groups in total. The minimum Gasteiger partial charge on any atom is -0.334 e. The van der Waals surface area contributed by atoms with Crippen LogP contribution in [0, 0.1) is 18.8 Å². The molecule has 0 aromatic heterocycles. The summed E-state index contributed by atoms with van der Waals surface area (Å²) in [6, 6.07) is 5.25. The zero-order chi connectivity index (χ0) is 15.6. The third-order valence-electron chi connectivity index (χ3n) is 3.87. The van der Waals surface area contributed by atoms with Crippen LogP contribution in [0.15, 0.2) is 18.2 Å². The molecule has 1 heterocycles. The van der Waals surface area contributed by atoms with E-state index in [4.69, 9.17) is 11.6 Å². The first kappa shape index (κ1) is 15.8. The highest BCUT2D eigenvalue weighted by Crippen LogP contribution is 2.24. The van der Waals surface area contributed by atoms with E-state index in [0.717, 1.165) is 12.0 Å². The number of likely N-dealkylation sites (tertiary alicyclic amines) is 1. The van der Waals surface area contributed by atoms with Gasteiger partial charge in [0.15, 0.2) is 0 Å². The molecule has 0 radical (unpaired) electrons. The molecule has 1 fully saturated rings. The molecule has 1 saturated heterocycles. The highest BCUT2D eigenvalue weighted by molar-refractivity contribution is 6.40. The van der Waals surface area contributed by atoms with Gasteiger partial charge in [0, 0.05) is 23.8 Å². The molecule has 114 valence electrons. The van der Waals surface area contributed by atoms with Gasteiger partial charge in [-0.2, -0.15) is 0 Å². The average molecular weight is 309 g/mol. The minimum atomic E-state index is -0.596. The van der Waals surface area contributed by atoms with Crippen molar-refractivity contribution in [2.24, 2.45) is 11.8 Å². The zero-order valence-electron chi connectivity index (χ0n) is 12.6. The van der Waals surface area contributed by atoms with E-state index in [1.54, 1.807) is 23.1 Å². The summed E-state index contributed by atoms with van der Waals surface area (Å²) in [6.45, 7) is 7.31. The highest BCUT2D eigenvalue weighted by atomic mass is 35.5. The lowest BCUT2D eigenvalue weighted by molar-refractivity contribution is -0.144. The maximum atomic E-state index is 12.3. The summed E-state index contributed by atoms with van der Waals surface area (Å²) in [4.78, 5) is 26.1. The Morgan fingerprint density at radius 3 is 2.48 bits per heavy atom. The summed E-state index contributed by atoms with van der Waals surface area (Å²) in [5.74, 6) is -0.203. The quantitative estimate of drug-likeness (QED) is 0.811. The standard InChI is InChI=1S/C16H21ClN2O2/c1-10-7-11(2)9-19(8-10)16(21)15(20)18-14-6-4-5-13(17)12(14)3/h4-6,10-11H,7-9H2,1-3H3,(H,18,20). The third-order valence-corrected chi connectivity index (χ3v) is 4.28. The molecule has 1 aliphatic heterocycles. The number of amides is 2. The Morgan fingerprint density at radius 1 is 1.24 bits per heavy atom. The van der Waals surface area contributed by atoms with Crippen LogP contribution in [0.2, 0.25) is 5.02 Å². The van der Waals surface area contributed by atoms with Crippen molar-refractivity contribution in [1.29, 1.82) is 0 Å². The summed E-state index contributed by atoms with van der Waals surface area (Å²) in [5.41, 5.74) is 1.35. The van der Waals surface area contributed by atoms with Gasteiger partial charge in [0.25, 0.3) is 0 Å². The van der Waals surface area contributed by atoms with Gasteiger partial charge in [-0.05, 0) is 42.9 Å². The van der Waals surface area contributed by atoms with Crippen LogP contribution < -0.4 is 5.32 Å². The fourth-order valence-corrected chi connectivity index (χ4v) is 3.07. The number of halogens is 1. The van der Waals surface area contributed by atoms with E-state index in [0.29, 0.717) is 35.6 Å². The number of hydrogen-bond donors (Lipinski definition) is 1. The lowest BCUT2D eigenvalue weighted by atomic mass is 9.92. The normalized spacial score (nSPS) is 22.0. The SMILES string of the molecule is Cc1c(Cl)cccc1NC(=O)C(=O)N1CC(C)CC(C)C1. The fourth-order valence-electron chi connectivity index (χ4n) is 2.89. The van der Waals surface area contributed by atoms with Crippen molar-refractivity contribution in [1.82, 2.24) is 4.90 Å². The number of anilines is 1. The molecule has 1 aromatic rings. The van der Waals surface area contributed by atoms with Gasteiger partial charge in [0.05, 0.1) is 0 Å². The second-order valence-electron chi connectivity index (χ2n) is 6.02. The van der Waals surface area contributed by atoms with Gasteiger partial charge in [-0.3, -0.25) is 9.59 Å². The predicted octanol–water partition coefficient (Wildman–Crippen LogP) is 3.09. The Bertz CT molecular complexity index is 549. The molecule has 0 saturated carbocycles. The molecule has 0 spiro atoms. The van der Waals surface area contributed by atoms with E-state index in [1.807, 2.05) is 6.92 Å². The predicted molar refractivity (Wildman–Crippen MR) is 84.3 cm³/mol. The monoisotopic (exact) mass is 308 g/mol. The molecule has 5 heteroatoms. The first-order chi connectivity index (χ1) is 9.88. The van der Waals surface area contributed by atoms with E-state index >= 15 is 0 Å². The molecule has 0 bridgehead atoms. The van der Waals surface area contributed by atoms with Gasteiger partial charge in [0.1, 0.15) is 0 Å². The van der Waals surface area contributed by atoms with E-state index in [1.165, 1.54) is 0 Å². The van der Waals surface area contributed by atoms with Crippen molar-refractivity contribution in [3.63, 3.8) is 0 Å². The molecule has 1 aromatic carbocycles. The number of nitrogens with one attached hydrogen (secondary N) is 1. The summed E-state index contributed by atoms with van der Waals surface area (Å²) in [6.07, 6.45) is 1.10. The topological polar surface area (TPSA) is 49.4 Å². The number of carbonyl (C=O) groups excluding carboxylic acids is 2. The lowest BCUT2D eigenvalue weighted by Gasteiger charge is -2.34. The van der Waals surface area contributed by atoms with Crippen LogP contribution in [0.5, 0.6) is 0 Å². The number of rotatable bonds is 1. The summed E-state index contributed by atoms with van der Waals surface area (Å²) in [5, 5.41) is 3.23. The van der Waals surface area contributed by atoms with Crippen molar-refractivity contribution in [2.45, 2.75) is 27.2 Å². The molecule has 1 aliphatic rings. The summed E-state index contributed by atoms with van der Waals surface area (Å²) in [7, 11) is 0. The van der Waals surface area contributed by atoms with Gasteiger partial charge in [-0.1, -0.05) is 31.5 Å². The van der Waals surface area contributed by atoms with Gasteiger partial charge < -0.3 is 10.2 Å². The molecule has 2 atom stereocenters. The second-order valence-corrected chi connectivity index (χ2v) is 6.43. The van der Waals surface area contributed by atoms with Crippen LogP contribution in [-0.2, 0) is 9.59 Å². The lowest BCUT2D eigenvalue weighted by Crippen LogP contribution is -2.47. The van der Waals surface area contributed by atoms with Crippen LogP contribution in [0.1, 0.15) is 25.8 Å². The number of benzene rings is 1. The number of hydrogen-bond acceptors (Lipinski definition) is 2. The van der Waals surface area contributed by atoms with Crippen molar-refractivity contribution in [3.05, 3.63) is 28.8 Å². The molecular formula is C16H21ClN2O2. The van der Waals surface area contributed by atoms with Crippen LogP contribution in [0.3, 0.4) is 0 Å². The van der Waals surface area contributed by atoms with Crippen molar-refractivity contribution in [2.75, 3.05) is 18.4 Å². The Kier molecular flexibility index (Phi) is 4.88. The van der Waals surface area contributed by atoms with Gasteiger partial charge in [0.2, 0.25) is 0 Å². The van der Waals surface area contributed by atoms with Crippen LogP contribution in [0.4, 0.5) is 5.69 Å². The summed E-state index contributed by atoms with van der Waals surface area (Å²) < 4.78 is 0. The Labute approximate surface area is 130 Å². The zero-order valence-corrected chi connectivity index (χ0v) is 13.4. The second kappa shape index (κ2) is 6.48. The minimum absolute atomic E-state index is 0.429. The Morgan fingerprint density at radius 2 is 1.86 bits per heavy atom. The van der Waals surface area contributed by atoms with E-state index < -0.39 is 11.8 Å². The third kappa shape index (κ3) is 3.76. The van der Waals surface area contributed by atoms with Crippen LogP contribution in [0.25, 0.3) is 0 Å². The number of carbonyl (C=O) groups is 2. The highest BCUT2D eigenvalue weighted by Gasteiger charge is 2.29. The van der Waals surface area contributed by atoms with Gasteiger partial charge in [-0.15, -0.1) is 0 Å². The smallest absolute Gasteiger partial charge is 0.313 e. The fraction of sp³-hybridized carbons (Fsp3) is 0.500. The van der Waals surface area contributed by atoms with Crippen molar-refractivity contribution >= 4 is 29.1 Å². The molecule has 21 heavy (non-hydrogen) atoms. The van der Waals surface area contributed by atoms with Crippen LogP contribution in [-0.4, -0.2) is 29.8 Å². The molecule has 0 aliphatic carbocycles. The maximum Gasteiger partial charge on any atom is 0.313 e. The molecular weight excluding hydrogens is 288 g/mol. The number of piperidine rings is 1. The Balaban J connectivity index is 2.06. The van der Waals surface area contributed by atoms with Gasteiger partial charge in [-0.25, -0.2) is 0 Å². The van der Waals surface area contributed by atoms with E-state index in [9.17, 15) is 9.59 Å². The molecule has 2 unspecified atom stereocenters. The molecule has 4 nitrogen and oxygen atoms in total. The van der Waals surface area contributed by atoms with E-state index in [2.05, 4.69) is 19.2 Å². The average Bonchev–Trinajstić information content (AvgIpc) is 2.42. The largest absolute Gasteiger partial charge is 0.334 e. The first-order valence-corrected chi connectivity index (χ1v) is 7.61. The molecule has 2 rings (SSSR count). The summed E-state index contributed by atoms with van der Waals surface area (Å²) >= 11 is 6.02. The first-order valence-electron chi connectivity index (χ1n) is 7.24. The Hall–Kier alpha value is -1.55.